The van der Waals surface area contributed by atoms with E-state index in [0.29, 0.717) is 30.6 Å². The smallest absolute Gasteiger partial charge is 0.226 e. The first kappa shape index (κ1) is 13.0. The number of aromatic nitrogens is 5. The van der Waals surface area contributed by atoms with E-state index in [-0.39, 0.29) is 0 Å². The summed E-state index contributed by atoms with van der Waals surface area (Å²) in [4.78, 5) is 4.25. The van der Waals surface area contributed by atoms with Gasteiger partial charge in [0.1, 0.15) is 5.82 Å². The molecule has 0 atom stereocenters. The summed E-state index contributed by atoms with van der Waals surface area (Å²) < 4.78 is 7.04. The van der Waals surface area contributed by atoms with Gasteiger partial charge in [0.05, 0.1) is 5.75 Å². The van der Waals surface area contributed by atoms with Crippen molar-refractivity contribution in [3.05, 3.63) is 17.5 Å². The molecule has 0 spiro atoms. The highest BCUT2D eigenvalue weighted by Gasteiger charge is 2.11. The second kappa shape index (κ2) is 5.96. The van der Waals surface area contributed by atoms with Gasteiger partial charge in [-0.25, -0.2) is 0 Å². The van der Waals surface area contributed by atoms with E-state index in [1.165, 1.54) is 11.8 Å². The van der Waals surface area contributed by atoms with Crippen molar-refractivity contribution in [2.45, 2.75) is 37.7 Å². The molecular weight excluding hydrogens is 252 g/mol. The van der Waals surface area contributed by atoms with E-state index >= 15 is 0 Å². The molecule has 0 aliphatic rings. The molecule has 7 nitrogen and oxygen atoms in total. The zero-order valence-corrected chi connectivity index (χ0v) is 11.3. The molecule has 0 fully saturated rings. The van der Waals surface area contributed by atoms with Gasteiger partial charge in [0.2, 0.25) is 5.89 Å². The van der Waals surface area contributed by atoms with Gasteiger partial charge in [-0.05, 0) is 6.92 Å². The highest BCUT2D eigenvalue weighted by Crippen LogP contribution is 2.20. The van der Waals surface area contributed by atoms with Gasteiger partial charge in [-0.3, -0.25) is 0 Å². The Labute approximate surface area is 109 Å². The van der Waals surface area contributed by atoms with Gasteiger partial charge >= 0.3 is 0 Å². The van der Waals surface area contributed by atoms with E-state index in [0.717, 1.165) is 17.4 Å². The molecule has 2 heterocycles. The van der Waals surface area contributed by atoms with Gasteiger partial charge in [-0.2, -0.15) is 4.98 Å². The van der Waals surface area contributed by atoms with Gasteiger partial charge < -0.3 is 14.8 Å². The quantitative estimate of drug-likeness (QED) is 0.773. The summed E-state index contributed by atoms with van der Waals surface area (Å²) in [5.41, 5.74) is 5.56. The Hall–Kier alpha value is -1.41. The van der Waals surface area contributed by atoms with Crippen molar-refractivity contribution in [1.82, 2.24) is 24.9 Å². The van der Waals surface area contributed by atoms with Crippen molar-refractivity contribution in [2.75, 3.05) is 6.54 Å². The maximum Gasteiger partial charge on any atom is 0.226 e. The van der Waals surface area contributed by atoms with Crippen molar-refractivity contribution in [2.24, 2.45) is 5.73 Å². The maximum absolute atomic E-state index is 5.56. The number of thioether (sulfide) groups is 1. The highest BCUT2D eigenvalue weighted by atomic mass is 32.2. The number of hydrogen-bond acceptors (Lipinski definition) is 7. The number of nitrogens with zero attached hydrogens (tertiary/aromatic N) is 5. The van der Waals surface area contributed by atoms with Gasteiger partial charge in [0, 0.05) is 19.5 Å². The fourth-order valence-electron chi connectivity index (χ4n) is 1.48. The number of aryl methyl sites for hydroxylation is 2. The van der Waals surface area contributed by atoms with Crippen LogP contribution in [-0.4, -0.2) is 31.4 Å². The lowest BCUT2D eigenvalue weighted by Gasteiger charge is -2.04. The van der Waals surface area contributed by atoms with E-state index in [1.54, 1.807) is 0 Å². The predicted octanol–water partition coefficient (Wildman–Crippen LogP) is 0.783. The molecule has 18 heavy (non-hydrogen) atoms. The first-order valence-electron chi connectivity index (χ1n) is 5.78. The standard InChI is InChI=1S/C10H16N6OS/c1-3-9-12-8(15-17-9)6-18-10-14-13-7(2)16(10)5-4-11/h3-6,11H2,1-2H3. The zero-order valence-electron chi connectivity index (χ0n) is 10.5. The van der Waals surface area contributed by atoms with Crippen LogP contribution >= 0.6 is 11.8 Å². The highest BCUT2D eigenvalue weighted by molar-refractivity contribution is 7.98. The Balaban J connectivity index is 2.01. The van der Waals surface area contributed by atoms with Gasteiger partial charge in [-0.15, -0.1) is 10.2 Å². The second-order valence-corrected chi connectivity index (χ2v) is 4.66. The van der Waals surface area contributed by atoms with Crippen LogP contribution < -0.4 is 5.73 Å². The minimum Gasteiger partial charge on any atom is -0.339 e. The summed E-state index contributed by atoms with van der Waals surface area (Å²) in [7, 11) is 0. The van der Waals surface area contributed by atoms with Gasteiger partial charge in [0.25, 0.3) is 0 Å². The Bertz CT molecular complexity index is 508. The molecule has 0 amide bonds. The Morgan fingerprint density at radius 3 is 2.89 bits per heavy atom. The van der Waals surface area contributed by atoms with Gasteiger partial charge in [0.15, 0.2) is 11.0 Å². The van der Waals surface area contributed by atoms with Crippen molar-refractivity contribution >= 4 is 11.8 Å². The molecule has 0 unspecified atom stereocenters. The first-order chi connectivity index (χ1) is 8.74. The van der Waals surface area contributed by atoms with Crippen LogP contribution in [0.4, 0.5) is 0 Å². The van der Waals surface area contributed by atoms with Crippen molar-refractivity contribution in [1.29, 1.82) is 0 Å². The monoisotopic (exact) mass is 268 g/mol. The summed E-state index contributed by atoms with van der Waals surface area (Å²) in [6.07, 6.45) is 0.750. The van der Waals surface area contributed by atoms with Gasteiger partial charge in [-0.1, -0.05) is 23.8 Å². The molecule has 0 saturated carbocycles. The second-order valence-electron chi connectivity index (χ2n) is 3.72. The molecule has 2 N–H and O–H groups in total. The van der Waals surface area contributed by atoms with E-state index in [2.05, 4.69) is 20.3 Å². The van der Waals surface area contributed by atoms with Crippen LogP contribution in [0, 0.1) is 6.92 Å². The lowest BCUT2D eigenvalue weighted by atomic mass is 10.5. The van der Waals surface area contributed by atoms with Crippen molar-refractivity contribution in [3.8, 4) is 0 Å². The average molecular weight is 268 g/mol. The SMILES string of the molecule is CCc1nc(CSc2nnc(C)n2CCN)no1. The van der Waals surface area contributed by atoms with Crippen LogP contribution in [0.5, 0.6) is 0 Å². The van der Waals surface area contributed by atoms with E-state index < -0.39 is 0 Å². The summed E-state index contributed by atoms with van der Waals surface area (Å²) >= 11 is 1.53. The summed E-state index contributed by atoms with van der Waals surface area (Å²) in [5, 5.41) is 12.9. The maximum atomic E-state index is 5.56. The molecule has 8 heteroatoms. The third-order valence-corrected chi connectivity index (χ3v) is 3.36. The van der Waals surface area contributed by atoms with Crippen LogP contribution in [0.15, 0.2) is 9.68 Å². The van der Waals surface area contributed by atoms with Crippen molar-refractivity contribution < 1.29 is 4.52 Å². The molecule has 2 aromatic heterocycles. The average Bonchev–Trinajstić information content (AvgIpc) is 2.96. The summed E-state index contributed by atoms with van der Waals surface area (Å²) in [6.45, 7) is 5.17. The topological polar surface area (TPSA) is 95.7 Å². The molecule has 0 bridgehead atoms. The third-order valence-electron chi connectivity index (χ3n) is 2.40. The normalized spacial score (nSPS) is 11.1. The van der Waals surface area contributed by atoms with Crippen LogP contribution in [0.25, 0.3) is 0 Å². The number of rotatable bonds is 6. The molecule has 0 aliphatic carbocycles. The van der Waals surface area contributed by atoms with E-state index in [1.807, 2.05) is 18.4 Å². The fraction of sp³-hybridized carbons (Fsp3) is 0.600. The molecule has 2 aromatic rings. The Morgan fingerprint density at radius 1 is 1.39 bits per heavy atom. The summed E-state index contributed by atoms with van der Waals surface area (Å²) in [6, 6.07) is 0. The Morgan fingerprint density at radius 2 is 2.22 bits per heavy atom. The van der Waals surface area contributed by atoms with Crippen LogP contribution in [-0.2, 0) is 18.7 Å². The lowest BCUT2D eigenvalue weighted by molar-refractivity contribution is 0.378. The third kappa shape index (κ3) is 2.88. The molecule has 0 radical (unpaired) electrons. The van der Waals surface area contributed by atoms with Crippen molar-refractivity contribution in [3.63, 3.8) is 0 Å². The first-order valence-corrected chi connectivity index (χ1v) is 6.77. The molecule has 0 saturated heterocycles. The Kier molecular flexibility index (Phi) is 4.32. The number of nitrogens with two attached hydrogens (primary N) is 1. The van der Waals surface area contributed by atoms with Crippen LogP contribution in [0.2, 0.25) is 0 Å². The largest absolute Gasteiger partial charge is 0.339 e. The zero-order chi connectivity index (χ0) is 13.0. The van der Waals surface area contributed by atoms with Crippen LogP contribution in [0.1, 0.15) is 24.5 Å². The summed E-state index contributed by atoms with van der Waals surface area (Å²) in [5.74, 6) is 2.82. The number of hydrogen-bond donors (Lipinski definition) is 1. The minimum atomic E-state index is 0.564. The minimum absolute atomic E-state index is 0.564. The fourth-order valence-corrected chi connectivity index (χ4v) is 2.33. The molecule has 0 aromatic carbocycles. The van der Waals surface area contributed by atoms with Crippen LogP contribution in [0.3, 0.4) is 0 Å². The molecule has 2 rings (SSSR count). The van der Waals surface area contributed by atoms with E-state index in [9.17, 15) is 0 Å². The molecule has 98 valence electrons. The van der Waals surface area contributed by atoms with E-state index in [4.69, 9.17) is 10.3 Å². The lowest BCUT2D eigenvalue weighted by Crippen LogP contribution is -2.12. The molecule has 0 aliphatic heterocycles. The molecular formula is C10H16N6OS. The predicted molar refractivity (Wildman–Crippen MR) is 67.1 cm³/mol.